The standard InChI is InChI=1S/C19H21N3O3/c23-18(15-9-10-25-13-15)20-12-14-5-4-8-17(11-14)22-19(24)21-16-6-2-1-3-7-16/h1-8,11,15H,9-10,12-13H2,(H,20,23)(H2,21,22,24). The van der Waals surface area contributed by atoms with E-state index in [0.717, 1.165) is 17.7 Å². The Kier molecular flexibility index (Phi) is 5.64. The summed E-state index contributed by atoms with van der Waals surface area (Å²) in [7, 11) is 0. The molecule has 0 aliphatic carbocycles. The molecule has 6 heteroatoms. The Morgan fingerprint density at radius 1 is 1.00 bits per heavy atom. The van der Waals surface area contributed by atoms with E-state index < -0.39 is 0 Å². The molecule has 1 saturated heterocycles. The first-order valence-corrected chi connectivity index (χ1v) is 8.28. The molecule has 0 spiro atoms. The highest BCUT2D eigenvalue weighted by atomic mass is 16.5. The van der Waals surface area contributed by atoms with Gasteiger partial charge in [0.25, 0.3) is 0 Å². The van der Waals surface area contributed by atoms with Gasteiger partial charge in [-0.25, -0.2) is 4.79 Å². The molecule has 1 fully saturated rings. The van der Waals surface area contributed by atoms with E-state index in [0.29, 0.717) is 25.4 Å². The summed E-state index contributed by atoms with van der Waals surface area (Å²) in [6.45, 7) is 1.56. The largest absolute Gasteiger partial charge is 0.381 e. The van der Waals surface area contributed by atoms with Crippen molar-refractivity contribution in [3.63, 3.8) is 0 Å². The molecule has 3 rings (SSSR count). The molecule has 6 nitrogen and oxygen atoms in total. The molecule has 0 saturated carbocycles. The number of hydrogen-bond acceptors (Lipinski definition) is 3. The number of carbonyl (C=O) groups is 2. The summed E-state index contributed by atoms with van der Waals surface area (Å²) in [6.07, 6.45) is 0.771. The quantitative estimate of drug-likeness (QED) is 0.783. The molecule has 130 valence electrons. The third-order valence-corrected chi connectivity index (χ3v) is 3.98. The molecule has 2 aromatic carbocycles. The summed E-state index contributed by atoms with van der Waals surface area (Å²) in [5.74, 6) is -0.0457. The van der Waals surface area contributed by atoms with Crippen LogP contribution in [0, 0.1) is 5.92 Å². The molecule has 3 N–H and O–H groups in total. The predicted molar refractivity (Wildman–Crippen MR) is 96.3 cm³/mol. The second kappa shape index (κ2) is 8.30. The Morgan fingerprint density at radius 2 is 1.76 bits per heavy atom. The lowest BCUT2D eigenvalue weighted by molar-refractivity contribution is -0.125. The average molecular weight is 339 g/mol. The maximum Gasteiger partial charge on any atom is 0.323 e. The lowest BCUT2D eigenvalue weighted by Crippen LogP contribution is -2.30. The van der Waals surface area contributed by atoms with Crippen molar-refractivity contribution in [1.82, 2.24) is 5.32 Å². The Labute approximate surface area is 146 Å². The van der Waals surface area contributed by atoms with Crippen molar-refractivity contribution >= 4 is 23.3 Å². The summed E-state index contributed by atoms with van der Waals surface area (Å²) in [5.41, 5.74) is 2.32. The fraction of sp³-hybridized carbons (Fsp3) is 0.263. The van der Waals surface area contributed by atoms with E-state index in [1.165, 1.54) is 0 Å². The van der Waals surface area contributed by atoms with Gasteiger partial charge >= 0.3 is 6.03 Å². The number of anilines is 2. The van der Waals surface area contributed by atoms with Crippen molar-refractivity contribution in [3.8, 4) is 0 Å². The van der Waals surface area contributed by atoms with Gasteiger partial charge in [0.05, 0.1) is 12.5 Å². The van der Waals surface area contributed by atoms with Crippen LogP contribution in [0.4, 0.5) is 16.2 Å². The third kappa shape index (κ3) is 5.06. The predicted octanol–water partition coefficient (Wildman–Crippen LogP) is 2.98. The average Bonchev–Trinajstić information content (AvgIpc) is 3.15. The molecule has 1 atom stereocenters. The zero-order valence-electron chi connectivity index (χ0n) is 13.8. The normalized spacial score (nSPS) is 16.2. The second-order valence-corrected chi connectivity index (χ2v) is 5.92. The summed E-state index contributed by atoms with van der Waals surface area (Å²) >= 11 is 0. The zero-order valence-corrected chi connectivity index (χ0v) is 13.8. The molecule has 2 aromatic rings. The fourth-order valence-electron chi connectivity index (χ4n) is 2.65. The van der Waals surface area contributed by atoms with Gasteiger partial charge in [0.2, 0.25) is 5.91 Å². The molecule has 1 heterocycles. The van der Waals surface area contributed by atoms with Gasteiger partial charge in [-0.05, 0) is 36.2 Å². The van der Waals surface area contributed by atoms with Crippen molar-refractivity contribution < 1.29 is 14.3 Å². The van der Waals surface area contributed by atoms with E-state index in [1.807, 2.05) is 48.5 Å². The van der Waals surface area contributed by atoms with Gasteiger partial charge in [-0.2, -0.15) is 0 Å². The van der Waals surface area contributed by atoms with Gasteiger partial charge in [0.15, 0.2) is 0 Å². The summed E-state index contributed by atoms with van der Waals surface area (Å²) < 4.78 is 5.23. The van der Waals surface area contributed by atoms with Gasteiger partial charge in [-0.3, -0.25) is 4.79 Å². The Balaban J connectivity index is 1.52. The molecule has 3 amide bonds. The van der Waals surface area contributed by atoms with Gasteiger partial charge < -0.3 is 20.7 Å². The number of urea groups is 1. The number of ether oxygens (including phenoxy) is 1. The van der Waals surface area contributed by atoms with E-state index in [2.05, 4.69) is 16.0 Å². The Bertz CT molecular complexity index is 728. The number of nitrogens with one attached hydrogen (secondary N) is 3. The van der Waals surface area contributed by atoms with Gasteiger partial charge in [-0.1, -0.05) is 30.3 Å². The lowest BCUT2D eigenvalue weighted by Gasteiger charge is -2.11. The van der Waals surface area contributed by atoms with Crippen molar-refractivity contribution in [2.45, 2.75) is 13.0 Å². The molecule has 1 unspecified atom stereocenters. The molecule has 0 bridgehead atoms. The molecular formula is C19H21N3O3. The number of benzene rings is 2. The van der Waals surface area contributed by atoms with Crippen LogP contribution in [0.1, 0.15) is 12.0 Å². The minimum atomic E-state index is -0.310. The summed E-state index contributed by atoms with van der Waals surface area (Å²) in [4.78, 5) is 24.0. The first-order valence-electron chi connectivity index (χ1n) is 8.28. The van der Waals surface area contributed by atoms with Gasteiger partial charge in [-0.15, -0.1) is 0 Å². The maximum absolute atomic E-state index is 12.0. The monoisotopic (exact) mass is 339 g/mol. The Morgan fingerprint density at radius 3 is 2.52 bits per heavy atom. The minimum Gasteiger partial charge on any atom is -0.381 e. The molecular weight excluding hydrogens is 318 g/mol. The van der Waals surface area contributed by atoms with Crippen LogP contribution in [0.15, 0.2) is 54.6 Å². The SMILES string of the molecule is O=C(Nc1ccccc1)Nc1cccc(CNC(=O)C2CCOC2)c1. The van der Waals surface area contributed by atoms with Gasteiger partial charge in [0.1, 0.15) is 0 Å². The molecule has 1 aliphatic rings. The maximum atomic E-state index is 12.0. The van der Waals surface area contributed by atoms with Crippen LogP contribution in [-0.4, -0.2) is 25.2 Å². The van der Waals surface area contributed by atoms with Crippen LogP contribution in [-0.2, 0) is 16.1 Å². The molecule has 0 aromatic heterocycles. The van der Waals surface area contributed by atoms with Gasteiger partial charge in [0, 0.05) is 24.5 Å². The number of para-hydroxylation sites is 1. The van der Waals surface area contributed by atoms with Crippen LogP contribution in [0.2, 0.25) is 0 Å². The highest BCUT2D eigenvalue weighted by molar-refractivity contribution is 5.99. The molecule has 0 radical (unpaired) electrons. The van der Waals surface area contributed by atoms with E-state index in [-0.39, 0.29) is 17.9 Å². The number of hydrogen-bond donors (Lipinski definition) is 3. The third-order valence-electron chi connectivity index (χ3n) is 3.98. The van der Waals surface area contributed by atoms with Crippen LogP contribution in [0.25, 0.3) is 0 Å². The van der Waals surface area contributed by atoms with Crippen molar-refractivity contribution in [2.24, 2.45) is 5.92 Å². The van der Waals surface area contributed by atoms with Crippen molar-refractivity contribution in [2.75, 3.05) is 23.8 Å². The summed E-state index contributed by atoms with van der Waals surface area (Å²) in [5, 5.41) is 8.47. The van der Waals surface area contributed by atoms with Crippen LogP contribution in [0.5, 0.6) is 0 Å². The number of rotatable bonds is 5. The first kappa shape index (κ1) is 17.0. The smallest absolute Gasteiger partial charge is 0.323 e. The summed E-state index contributed by atoms with van der Waals surface area (Å²) in [6, 6.07) is 16.3. The number of carbonyl (C=O) groups excluding carboxylic acids is 2. The van der Waals surface area contributed by atoms with Crippen LogP contribution >= 0.6 is 0 Å². The topological polar surface area (TPSA) is 79.5 Å². The second-order valence-electron chi connectivity index (χ2n) is 5.92. The lowest BCUT2D eigenvalue weighted by atomic mass is 10.1. The van der Waals surface area contributed by atoms with Crippen molar-refractivity contribution in [1.29, 1.82) is 0 Å². The molecule has 25 heavy (non-hydrogen) atoms. The van der Waals surface area contributed by atoms with E-state index in [1.54, 1.807) is 6.07 Å². The van der Waals surface area contributed by atoms with Crippen LogP contribution in [0.3, 0.4) is 0 Å². The number of amides is 3. The van der Waals surface area contributed by atoms with E-state index in [4.69, 9.17) is 4.74 Å². The minimum absolute atomic E-state index is 0.0117. The highest BCUT2D eigenvalue weighted by Gasteiger charge is 2.22. The Hall–Kier alpha value is -2.86. The molecule has 1 aliphatic heterocycles. The van der Waals surface area contributed by atoms with Crippen molar-refractivity contribution in [3.05, 3.63) is 60.2 Å². The van der Waals surface area contributed by atoms with E-state index >= 15 is 0 Å². The first-order chi connectivity index (χ1) is 12.2. The van der Waals surface area contributed by atoms with E-state index in [9.17, 15) is 9.59 Å². The zero-order chi connectivity index (χ0) is 17.5. The highest BCUT2D eigenvalue weighted by Crippen LogP contribution is 2.14. The fourth-order valence-corrected chi connectivity index (χ4v) is 2.65. The van der Waals surface area contributed by atoms with Crippen LogP contribution < -0.4 is 16.0 Å².